The largest absolute Gasteiger partial charge is 0.461 e. The van der Waals surface area contributed by atoms with Crippen LogP contribution in [0.4, 0.5) is 5.69 Å². The van der Waals surface area contributed by atoms with E-state index in [1.165, 1.54) is 5.56 Å². The fourth-order valence-corrected chi connectivity index (χ4v) is 3.31. The van der Waals surface area contributed by atoms with E-state index in [1.54, 1.807) is 0 Å². The molecule has 24 heavy (non-hydrogen) atoms. The van der Waals surface area contributed by atoms with Crippen LogP contribution in [0.25, 0.3) is 33.8 Å². The molecule has 3 heterocycles. The molecule has 5 rings (SSSR count). The highest BCUT2D eigenvalue weighted by molar-refractivity contribution is 5.83. The van der Waals surface area contributed by atoms with Crippen molar-refractivity contribution in [2.75, 3.05) is 11.9 Å². The second-order valence-corrected chi connectivity index (χ2v) is 6.04. The van der Waals surface area contributed by atoms with Gasteiger partial charge in [0.15, 0.2) is 0 Å². The summed E-state index contributed by atoms with van der Waals surface area (Å²) in [5, 5.41) is 8.60. The van der Waals surface area contributed by atoms with Crippen molar-refractivity contribution >= 4 is 16.7 Å². The second-order valence-electron chi connectivity index (χ2n) is 6.04. The topological polar surface area (TPSA) is 64.1 Å². The number of aryl methyl sites for hydroxylation is 1. The van der Waals surface area contributed by atoms with E-state index >= 15 is 0 Å². The van der Waals surface area contributed by atoms with E-state index in [0.29, 0.717) is 11.7 Å². The standard InChI is InChI=1S/C19H15N3O2/c1-11-9-13-10-12(5-6-17(13)23-11)19-21-18(22-24-19)15-3-2-4-16-14(15)7-8-20-16/h2-6,9-10,20H,7-8H2,1H3. The molecule has 2 aromatic heterocycles. The number of anilines is 1. The zero-order valence-corrected chi connectivity index (χ0v) is 13.2. The fourth-order valence-electron chi connectivity index (χ4n) is 3.31. The third kappa shape index (κ3) is 2.01. The normalized spacial score (nSPS) is 13.2. The first kappa shape index (κ1) is 13.4. The molecule has 0 radical (unpaired) electrons. The SMILES string of the molecule is Cc1cc2cc(-c3nc(-c4cccc5c4CCN5)no3)ccc2o1. The summed E-state index contributed by atoms with van der Waals surface area (Å²) < 4.78 is 11.1. The Morgan fingerprint density at radius 1 is 1.12 bits per heavy atom. The van der Waals surface area contributed by atoms with Crippen molar-refractivity contribution in [2.24, 2.45) is 0 Å². The van der Waals surface area contributed by atoms with Gasteiger partial charge in [-0.15, -0.1) is 0 Å². The van der Waals surface area contributed by atoms with Gasteiger partial charge >= 0.3 is 0 Å². The molecule has 2 aromatic carbocycles. The van der Waals surface area contributed by atoms with Crippen LogP contribution in [0.1, 0.15) is 11.3 Å². The number of aromatic nitrogens is 2. The summed E-state index contributed by atoms with van der Waals surface area (Å²) in [6.07, 6.45) is 0.982. The Hall–Kier alpha value is -3.08. The maximum atomic E-state index is 5.61. The predicted octanol–water partition coefficient (Wildman–Crippen LogP) is 4.43. The third-order valence-electron chi connectivity index (χ3n) is 4.42. The van der Waals surface area contributed by atoms with Crippen molar-refractivity contribution in [2.45, 2.75) is 13.3 Å². The van der Waals surface area contributed by atoms with Gasteiger partial charge in [0, 0.05) is 28.7 Å². The number of rotatable bonds is 2. The van der Waals surface area contributed by atoms with Crippen LogP contribution in [-0.2, 0) is 6.42 Å². The van der Waals surface area contributed by atoms with Gasteiger partial charge in [-0.25, -0.2) is 0 Å². The predicted molar refractivity (Wildman–Crippen MR) is 91.9 cm³/mol. The summed E-state index contributed by atoms with van der Waals surface area (Å²) in [4.78, 5) is 4.61. The van der Waals surface area contributed by atoms with E-state index in [-0.39, 0.29) is 0 Å². The van der Waals surface area contributed by atoms with Crippen LogP contribution in [0, 0.1) is 6.92 Å². The molecule has 0 spiro atoms. The van der Waals surface area contributed by atoms with Crippen LogP contribution >= 0.6 is 0 Å². The first-order valence-corrected chi connectivity index (χ1v) is 7.98. The van der Waals surface area contributed by atoms with Crippen LogP contribution in [0.15, 0.2) is 51.4 Å². The number of hydrogen-bond donors (Lipinski definition) is 1. The van der Waals surface area contributed by atoms with Crippen LogP contribution in [-0.4, -0.2) is 16.7 Å². The lowest BCUT2D eigenvalue weighted by atomic mass is 10.0. The Morgan fingerprint density at radius 2 is 2.08 bits per heavy atom. The summed E-state index contributed by atoms with van der Waals surface area (Å²) in [6.45, 7) is 2.89. The van der Waals surface area contributed by atoms with Crippen molar-refractivity contribution in [3.8, 4) is 22.8 Å². The van der Waals surface area contributed by atoms with Gasteiger partial charge in [-0.05, 0) is 49.2 Å². The van der Waals surface area contributed by atoms with Gasteiger partial charge in [0.2, 0.25) is 5.82 Å². The Bertz CT molecular complexity index is 1060. The Labute approximate surface area is 138 Å². The molecule has 5 heteroatoms. The minimum atomic E-state index is 0.523. The lowest BCUT2D eigenvalue weighted by Crippen LogP contribution is -1.90. The highest BCUT2D eigenvalue weighted by Crippen LogP contribution is 2.33. The van der Waals surface area contributed by atoms with Crippen molar-refractivity contribution < 1.29 is 8.94 Å². The molecule has 0 amide bonds. The van der Waals surface area contributed by atoms with Crippen molar-refractivity contribution in [1.29, 1.82) is 0 Å². The van der Waals surface area contributed by atoms with Gasteiger partial charge in [-0.2, -0.15) is 4.98 Å². The number of benzene rings is 2. The molecule has 0 bridgehead atoms. The molecule has 4 aromatic rings. The summed E-state index contributed by atoms with van der Waals surface area (Å²) in [6, 6.07) is 14.0. The number of fused-ring (bicyclic) bond motifs is 2. The summed E-state index contributed by atoms with van der Waals surface area (Å²) >= 11 is 0. The average Bonchev–Trinajstić information content (AvgIpc) is 3.31. The van der Waals surface area contributed by atoms with E-state index in [2.05, 4.69) is 21.5 Å². The number of hydrogen-bond acceptors (Lipinski definition) is 5. The molecule has 1 aliphatic heterocycles. The molecule has 5 nitrogen and oxygen atoms in total. The minimum absolute atomic E-state index is 0.523. The number of furan rings is 1. The van der Waals surface area contributed by atoms with Gasteiger partial charge in [-0.1, -0.05) is 17.3 Å². The smallest absolute Gasteiger partial charge is 0.258 e. The van der Waals surface area contributed by atoms with E-state index < -0.39 is 0 Å². The molecule has 0 saturated heterocycles. The van der Waals surface area contributed by atoms with Crippen molar-refractivity contribution in [3.63, 3.8) is 0 Å². The molecule has 0 fully saturated rings. The Kier molecular flexibility index (Phi) is 2.76. The molecular formula is C19H15N3O2. The maximum Gasteiger partial charge on any atom is 0.258 e. The van der Waals surface area contributed by atoms with Crippen molar-refractivity contribution in [3.05, 3.63) is 53.8 Å². The first-order valence-electron chi connectivity index (χ1n) is 7.98. The lowest BCUT2D eigenvalue weighted by Gasteiger charge is -2.02. The lowest BCUT2D eigenvalue weighted by molar-refractivity contribution is 0.432. The van der Waals surface area contributed by atoms with E-state index in [0.717, 1.165) is 46.5 Å². The number of nitrogens with zero attached hydrogens (tertiary/aromatic N) is 2. The first-order chi connectivity index (χ1) is 11.8. The molecule has 1 N–H and O–H groups in total. The van der Waals surface area contributed by atoms with Crippen LogP contribution in [0.2, 0.25) is 0 Å². The maximum absolute atomic E-state index is 5.61. The summed E-state index contributed by atoms with van der Waals surface area (Å²) in [5.74, 6) is 2.05. The van der Waals surface area contributed by atoms with Gasteiger partial charge < -0.3 is 14.3 Å². The van der Waals surface area contributed by atoms with E-state index in [1.807, 2.05) is 43.3 Å². The zero-order valence-electron chi connectivity index (χ0n) is 13.2. The molecule has 0 saturated carbocycles. The van der Waals surface area contributed by atoms with Crippen LogP contribution in [0.5, 0.6) is 0 Å². The van der Waals surface area contributed by atoms with Gasteiger partial charge in [0.25, 0.3) is 5.89 Å². The van der Waals surface area contributed by atoms with Crippen LogP contribution in [0.3, 0.4) is 0 Å². The Morgan fingerprint density at radius 3 is 3.04 bits per heavy atom. The van der Waals surface area contributed by atoms with E-state index in [4.69, 9.17) is 8.94 Å². The highest BCUT2D eigenvalue weighted by Gasteiger charge is 2.19. The quantitative estimate of drug-likeness (QED) is 0.592. The highest BCUT2D eigenvalue weighted by atomic mass is 16.5. The Balaban J connectivity index is 1.58. The average molecular weight is 317 g/mol. The minimum Gasteiger partial charge on any atom is -0.461 e. The van der Waals surface area contributed by atoms with E-state index in [9.17, 15) is 0 Å². The fraction of sp³-hybridized carbons (Fsp3) is 0.158. The third-order valence-corrected chi connectivity index (χ3v) is 4.42. The molecule has 0 aliphatic carbocycles. The van der Waals surface area contributed by atoms with Crippen molar-refractivity contribution in [1.82, 2.24) is 10.1 Å². The van der Waals surface area contributed by atoms with Gasteiger partial charge in [0.1, 0.15) is 11.3 Å². The van der Waals surface area contributed by atoms with Gasteiger partial charge in [-0.3, -0.25) is 0 Å². The zero-order chi connectivity index (χ0) is 16.1. The summed E-state index contributed by atoms with van der Waals surface area (Å²) in [5.41, 5.74) is 5.21. The number of nitrogens with one attached hydrogen (secondary N) is 1. The second kappa shape index (κ2) is 4.96. The molecular weight excluding hydrogens is 302 g/mol. The molecule has 118 valence electrons. The van der Waals surface area contributed by atoms with Crippen LogP contribution < -0.4 is 5.32 Å². The molecule has 1 aliphatic rings. The molecule has 0 atom stereocenters. The summed E-state index contributed by atoms with van der Waals surface area (Å²) in [7, 11) is 0. The monoisotopic (exact) mass is 317 g/mol. The molecule has 0 unspecified atom stereocenters. The van der Waals surface area contributed by atoms with Gasteiger partial charge in [0.05, 0.1) is 0 Å².